The van der Waals surface area contributed by atoms with Gasteiger partial charge in [0.15, 0.2) is 5.96 Å². The summed E-state index contributed by atoms with van der Waals surface area (Å²) in [5.41, 5.74) is 1.81. The van der Waals surface area contributed by atoms with Crippen LogP contribution in [0.1, 0.15) is 64.4 Å². The topological polar surface area (TPSA) is 56.7 Å². The molecule has 0 saturated carbocycles. The highest BCUT2D eigenvalue weighted by Crippen LogP contribution is 2.46. The second kappa shape index (κ2) is 6.93. The minimum absolute atomic E-state index is 0.0469. The van der Waals surface area contributed by atoms with Crippen molar-refractivity contribution in [2.24, 2.45) is 10.4 Å². The number of nitrogens with one attached hydrogen (secondary N) is 2. The molecular weight excluding hydrogens is 324 g/mol. The third kappa shape index (κ3) is 4.19. The van der Waals surface area contributed by atoms with Crippen molar-refractivity contribution < 1.29 is 4.79 Å². The molecule has 1 amide bonds. The lowest BCUT2D eigenvalue weighted by Gasteiger charge is -2.62. The van der Waals surface area contributed by atoms with E-state index in [-0.39, 0.29) is 22.4 Å². The van der Waals surface area contributed by atoms with E-state index in [1.807, 2.05) is 52.1 Å². The number of benzene rings is 1. The third-order valence-corrected chi connectivity index (χ3v) is 5.48. The zero-order valence-electron chi connectivity index (χ0n) is 17.5. The molecule has 1 saturated heterocycles. The number of nitrogens with zero attached hydrogens (tertiary/aromatic N) is 2. The molecule has 0 aliphatic carbocycles. The fourth-order valence-electron chi connectivity index (χ4n) is 3.11. The van der Waals surface area contributed by atoms with E-state index in [1.54, 1.807) is 0 Å². The molecule has 1 aliphatic heterocycles. The molecule has 5 nitrogen and oxygen atoms in total. The first-order chi connectivity index (χ1) is 11.9. The maximum Gasteiger partial charge on any atom is 0.251 e. The van der Waals surface area contributed by atoms with Gasteiger partial charge in [-0.3, -0.25) is 9.79 Å². The SMILES string of the molecule is CN=C(NCc1cccc(C(=O)NC(C)(C)C)c1)N1CC(C)(C)C1(C)C. The molecule has 0 radical (unpaired) electrons. The fraction of sp³-hybridized carbons (Fsp3) is 0.619. The molecule has 26 heavy (non-hydrogen) atoms. The Kier molecular flexibility index (Phi) is 5.41. The zero-order chi connectivity index (χ0) is 19.8. The number of guanidine groups is 1. The Hall–Kier alpha value is -2.04. The predicted octanol–water partition coefficient (Wildman–Crippen LogP) is 3.41. The summed E-state index contributed by atoms with van der Waals surface area (Å²) in [6.07, 6.45) is 0. The van der Waals surface area contributed by atoms with Gasteiger partial charge in [0.25, 0.3) is 5.91 Å². The Labute approximate surface area is 158 Å². The molecule has 1 aromatic carbocycles. The average Bonchev–Trinajstić information content (AvgIpc) is 2.53. The van der Waals surface area contributed by atoms with E-state index in [9.17, 15) is 4.79 Å². The van der Waals surface area contributed by atoms with E-state index in [4.69, 9.17) is 0 Å². The fourth-order valence-corrected chi connectivity index (χ4v) is 3.11. The van der Waals surface area contributed by atoms with E-state index in [0.29, 0.717) is 12.1 Å². The van der Waals surface area contributed by atoms with Gasteiger partial charge < -0.3 is 15.5 Å². The van der Waals surface area contributed by atoms with Crippen LogP contribution in [0.4, 0.5) is 0 Å². The van der Waals surface area contributed by atoms with Crippen LogP contribution in [0.15, 0.2) is 29.3 Å². The third-order valence-electron chi connectivity index (χ3n) is 5.48. The minimum atomic E-state index is -0.247. The number of amides is 1. The average molecular weight is 359 g/mol. The molecule has 0 spiro atoms. The van der Waals surface area contributed by atoms with Crippen LogP contribution in [0, 0.1) is 5.41 Å². The molecule has 1 aromatic rings. The molecule has 5 heteroatoms. The number of hydrogen-bond donors (Lipinski definition) is 2. The van der Waals surface area contributed by atoms with Crippen LogP contribution >= 0.6 is 0 Å². The van der Waals surface area contributed by atoms with Gasteiger partial charge in [-0.15, -0.1) is 0 Å². The first-order valence-electron chi connectivity index (χ1n) is 9.27. The van der Waals surface area contributed by atoms with Crippen molar-refractivity contribution in [2.45, 2.75) is 66.1 Å². The Balaban J connectivity index is 2.03. The van der Waals surface area contributed by atoms with Crippen LogP contribution in [0.25, 0.3) is 0 Å². The monoisotopic (exact) mass is 358 g/mol. The summed E-state index contributed by atoms with van der Waals surface area (Å²) in [5, 5.41) is 6.44. The van der Waals surface area contributed by atoms with Crippen LogP contribution in [0.3, 0.4) is 0 Å². The highest BCUT2D eigenvalue weighted by molar-refractivity contribution is 5.94. The molecule has 2 rings (SSSR count). The van der Waals surface area contributed by atoms with E-state index >= 15 is 0 Å². The highest BCUT2D eigenvalue weighted by Gasteiger charge is 2.53. The van der Waals surface area contributed by atoms with Crippen molar-refractivity contribution in [1.82, 2.24) is 15.5 Å². The standard InChI is InChI=1S/C21H34N4O/c1-19(2,3)24-17(26)16-11-9-10-15(12-16)13-23-18(22-8)25-14-20(4,5)21(25,6)7/h9-12H,13-14H2,1-8H3,(H,22,23)(H,24,26). The lowest BCUT2D eigenvalue weighted by atomic mass is 9.65. The van der Waals surface area contributed by atoms with Gasteiger partial charge in [-0.1, -0.05) is 26.0 Å². The number of hydrogen-bond acceptors (Lipinski definition) is 2. The Bertz CT molecular complexity index is 698. The number of likely N-dealkylation sites (tertiary alicyclic amines) is 1. The van der Waals surface area contributed by atoms with Crippen molar-refractivity contribution in [2.75, 3.05) is 13.6 Å². The van der Waals surface area contributed by atoms with Crippen LogP contribution in [0.2, 0.25) is 0 Å². The number of carbonyl (C=O) groups is 1. The van der Waals surface area contributed by atoms with Gasteiger partial charge >= 0.3 is 0 Å². The van der Waals surface area contributed by atoms with Crippen molar-refractivity contribution in [1.29, 1.82) is 0 Å². The number of aliphatic imine (C=N–C) groups is 1. The van der Waals surface area contributed by atoms with Crippen molar-refractivity contribution in [3.8, 4) is 0 Å². The van der Waals surface area contributed by atoms with Gasteiger partial charge in [0.05, 0.1) is 0 Å². The number of carbonyl (C=O) groups excluding carboxylic acids is 1. The summed E-state index contributed by atoms with van der Waals surface area (Å²) in [7, 11) is 1.82. The van der Waals surface area contributed by atoms with Crippen molar-refractivity contribution in [3.63, 3.8) is 0 Å². The Morgan fingerprint density at radius 3 is 2.38 bits per heavy atom. The minimum Gasteiger partial charge on any atom is -0.352 e. The van der Waals surface area contributed by atoms with Gasteiger partial charge in [-0.25, -0.2) is 0 Å². The maximum absolute atomic E-state index is 12.4. The van der Waals surface area contributed by atoms with Gasteiger partial charge in [0, 0.05) is 42.2 Å². The Morgan fingerprint density at radius 1 is 1.23 bits per heavy atom. The summed E-state index contributed by atoms with van der Waals surface area (Å²) in [6, 6.07) is 7.74. The van der Waals surface area contributed by atoms with Crippen molar-refractivity contribution >= 4 is 11.9 Å². The largest absolute Gasteiger partial charge is 0.352 e. The first kappa shape index (κ1) is 20.3. The van der Waals surface area contributed by atoms with Crippen LogP contribution in [-0.2, 0) is 6.54 Å². The van der Waals surface area contributed by atoms with Crippen LogP contribution in [0.5, 0.6) is 0 Å². The molecule has 0 bridgehead atoms. The van der Waals surface area contributed by atoms with E-state index in [1.165, 1.54) is 0 Å². The normalized spacial score (nSPS) is 18.9. The van der Waals surface area contributed by atoms with Gasteiger partial charge in [-0.05, 0) is 52.3 Å². The summed E-state index contributed by atoms with van der Waals surface area (Å²) in [6.45, 7) is 16.6. The van der Waals surface area contributed by atoms with E-state index < -0.39 is 0 Å². The molecule has 1 heterocycles. The molecule has 0 aromatic heterocycles. The summed E-state index contributed by atoms with van der Waals surface area (Å²) >= 11 is 0. The van der Waals surface area contributed by atoms with E-state index in [0.717, 1.165) is 18.1 Å². The second-order valence-corrected chi connectivity index (χ2v) is 9.33. The van der Waals surface area contributed by atoms with E-state index in [2.05, 4.69) is 48.2 Å². The number of rotatable bonds is 3. The maximum atomic E-state index is 12.4. The molecule has 0 atom stereocenters. The summed E-state index contributed by atoms with van der Waals surface area (Å²) < 4.78 is 0. The van der Waals surface area contributed by atoms with Crippen LogP contribution in [-0.4, -0.2) is 41.4 Å². The molecule has 144 valence electrons. The molecule has 1 aliphatic rings. The highest BCUT2D eigenvalue weighted by atomic mass is 16.1. The Morgan fingerprint density at radius 2 is 1.88 bits per heavy atom. The van der Waals surface area contributed by atoms with Gasteiger partial charge in [-0.2, -0.15) is 0 Å². The van der Waals surface area contributed by atoms with Gasteiger partial charge in [0.2, 0.25) is 0 Å². The second-order valence-electron chi connectivity index (χ2n) is 9.33. The molecular formula is C21H34N4O. The molecule has 0 unspecified atom stereocenters. The van der Waals surface area contributed by atoms with Crippen LogP contribution < -0.4 is 10.6 Å². The molecule has 1 fully saturated rings. The quantitative estimate of drug-likeness (QED) is 0.643. The lowest BCUT2D eigenvalue weighted by Crippen LogP contribution is -2.72. The first-order valence-corrected chi connectivity index (χ1v) is 9.27. The summed E-state index contributed by atoms with van der Waals surface area (Å²) in [5.74, 6) is 0.855. The van der Waals surface area contributed by atoms with Gasteiger partial charge in [0.1, 0.15) is 0 Å². The lowest BCUT2D eigenvalue weighted by molar-refractivity contribution is -0.0667. The van der Waals surface area contributed by atoms with Crippen molar-refractivity contribution in [3.05, 3.63) is 35.4 Å². The molecule has 2 N–H and O–H groups in total. The zero-order valence-corrected chi connectivity index (χ0v) is 17.5. The predicted molar refractivity (Wildman–Crippen MR) is 108 cm³/mol. The smallest absolute Gasteiger partial charge is 0.251 e. The summed E-state index contributed by atoms with van der Waals surface area (Å²) in [4.78, 5) is 19.1.